The number of piperidine rings is 1. The molecule has 1 aliphatic rings. The number of hydrogen-bond acceptors (Lipinski definition) is 6. The van der Waals surface area contributed by atoms with Gasteiger partial charge >= 0.3 is 6.18 Å². The highest BCUT2D eigenvalue weighted by atomic mass is 19.4. The third-order valence-corrected chi connectivity index (χ3v) is 7.53. The van der Waals surface area contributed by atoms with Gasteiger partial charge in [-0.2, -0.15) is 13.2 Å². The summed E-state index contributed by atoms with van der Waals surface area (Å²) in [7, 11) is 3.69. The van der Waals surface area contributed by atoms with Crippen molar-refractivity contribution in [2.45, 2.75) is 44.8 Å². The Morgan fingerprint density at radius 1 is 1.05 bits per heavy atom. The lowest BCUT2D eigenvalue weighted by atomic mass is 10.0. The van der Waals surface area contributed by atoms with Gasteiger partial charge in [0.1, 0.15) is 5.82 Å². The second-order valence-corrected chi connectivity index (χ2v) is 10.5. The number of nitrogens with one attached hydrogen (secondary N) is 4. The van der Waals surface area contributed by atoms with Crippen LogP contribution in [0, 0.1) is 0 Å². The van der Waals surface area contributed by atoms with Gasteiger partial charge in [-0.25, -0.2) is 4.98 Å². The summed E-state index contributed by atoms with van der Waals surface area (Å²) in [5, 5.41) is 13.9. The zero-order valence-electron chi connectivity index (χ0n) is 23.9. The van der Waals surface area contributed by atoms with Crippen LogP contribution in [0.25, 0.3) is 16.3 Å². The molecule has 4 rings (SSSR count). The molecule has 0 unspecified atom stereocenters. The van der Waals surface area contributed by atoms with Crippen LogP contribution in [0.2, 0.25) is 0 Å². The molecule has 1 saturated heterocycles. The Hall–Kier alpha value is -3.79. The van der Waals surface area contributed by atoms with Crippen LogP contribution in [0.1, 0.15) is 47.8 Å². The molecule has 0 radical (unpaired) electrons. The number of allylic oxidation sites excluding steroid dienone is 1. The minimum absolute atomic E-state index is 0.129. The summed E-state index contributed by atoms with van der Waals surface area (Å²) in [5.41, 5.74) is 2.28. The Bertz CT molecular complexity index is 1380. The van der Waals surface area contributed by atoms with Crippen molar-refractivity contribution in [1.82, 2.24) is 15.2 Å². The van der Waals surface area contributed by atoms with E-state index >= 15 is 0 Å². The van der Waals surface area contributed by atoms with Gasteiger partial charge in [-0.3, -0.25) is 4.79 Å². The van der Waals surface area contributed by atoms with Crippen LogP contribution in [0.4, 0.5) is 30.4 Å². The number of rotatable bonds is 11. The summed E-state index contributed by atoms with van der Waals surface area (Å²) in [4.78, 5) is 18.6. The van der Waals surface area contributed by atoms with Crippen LogP contribution < -0.4 is 21.3 Å². The van der Waals surface area contributed by atoms with E-state index in [-0.39, 0.29) is 17.6 Å². The van der Waals surface area contributed by atoms with Gasteiger partial charge in [-0.1, -0.05) is 25.6 Å². The zero-order valence-corrected chi connectivity index (χ0v) is 23.9. The number of carbonyl (C=O) groups is 1. The molecule has 1 aromatic heterocycles. The van der Waals surface area contributed by atoms with Crippen molar-refractivity contribution < 1.29 is 18.0 Å². The van der Waals surface area contributed by atoms with E-state index in [0.29, 0.717) is 41.7 Å². The molecule has 220 valence electrons. The van der Waals surface area contributed by atoms with Crippen LogP contribution in [0.15, 0.2) is 49.0 Å². The van der Waals surface area contributed by atoms with Crippen molar-refractivity contribution in [3.63, 3.8) is 0 Å². The van der Waals surface area contributed by atoms with Crippen LogP contribution in [0.5, 0.6) is 0 Å². The Morgan fingerprint density at radius 2 is 1.78 bits per heavy atom. The minimum atomic E-state index is -4.59. The third kappa shape index (κ3) is 7.49. The fourth-order valence-corrected chi connectivity index (χ4v) is 5.10. The van der Waals surface area contributed by atoms with Crippen LogP contribution >= 0.6 is 0 Å². The average molecular weight is 569 g/mol. The molecule has 2 aromatic carbocycles. The first kappa shape index (κ1) is 30.2. The van der Waals surface area contributed by atoms with Crippen molar-refractivity contribution >= 4 is 39.4 Å². The lowest BCUT2D eigenvalue weighted by Gasteiger charge is -2.30. The first-order valence-corrected chi connectivity index (χ1v) is 14.1. The van der Waals surface area contributed by atoms with Gasteiger partial charge in [0, 0.05) is 53.9 Å². The molecule has 1 aliphatic heterocycles. The summed E-state index contributed by atoms with van der Waals surface area (Å²) >= 11 is 0. The van der Waals surface area contributed by atoms with E-state index in [0.717, 1.165) is 49.3 Å². The molecule has 0 aliphatic carbocycles. The molecule has 3 aromatic rings. The Kier molecular flexibility index (Phi) is 9.75. The largest absolute Gasteiger partial charge is 0.417 e. The van der Waals surface area contributed by atoms with Crippen LogP contribution in [-0.4, -0.2) is 68.3 Å². The number of benzene rings is 2. The molecular formula is C31H39F3N6O. The summed E-state index contributed by atoms with van der Waals surface area (Å²) in [5.74, 6) is 0.246. The summed E-state index contributed by atoms with van der Waals surface area (Å²) in [6.07, 6.45) is -1.19. The molecule has 0 saturated carbocycles. The number of anilines is 3. The normalized spacial score (nSPS) is 14.6. The first-order valence-electron chi connectivity index (χ1n) is 14.1. The smallest absolute Gasteiger partial charge is 0.385 e. The van der Waals surface area contributed by atoms with E-state index in [2.05, 4.69) is 44.8 Å². The van der Waals surface area contributed by atoms with Crippen LogP contribution in [-0.2, 0) is 6.42 Å². The molecule has 4 N–H and O–H groups in total. The zero-order chi connectivity index (χ0) is 29.6. The van der Waals surface area contributed by atoms with Crippen molar-refractivity contribution in [3.05, 3.63) is 65.9 Å². The second kappa shape index (κ2) is 13.2. The number of aryl methyl sites for hydroxylation is 1. The lowest BCUT2D eigenvalue weighted by Crippen LogP contribution is -2.36. The van der Waals surface area contributed by atoms with E-state index < -0.39 is 11.7 Å². The Labute approximate surface area is 239 Å². The molecule has 1 fully saturated rings. The fraction of sp³-hybridized carbons (Fsp3) is 0.419. The van der Waals surface area contributed by atoms with Crippen molar-refractivity contribution in [2.24, 2.45) is 0 Å². The number of pyridine rings is 1. The maximum atomic E-state index is 13.8. The Balaban J connectivity index is 1.49. The number of likely N-dealkylation sites (tertiary alicyclic amines) is 1. The van der Waals surface area contributed by atoms with Gasteiger partial charge < -0.3 is 26.2 Å². The molecule has 2 heterocycles. The number of fused-ring (bicyclic) bond motifs is 1. The molecule has 0 bridgehead atoms. The minimum Gasteiger partial charge on any atom is -0.385 e. The van der Waals surface area contributed by atoms with Gasteiger partial charge in [0.15, 0.2) is 0 Å². The number of carbonyl (C=O) groups excluding carboxylic acids is 1. The van der Waals surface area contributed by atoms with Crippen LogP contribution in [0.3, 0.4) is 0 Å². The number of alkyl halides is 3. The molecule has 0 atom stereocenters. The van der Waals surface area contributed by atoms with E-state index in [1.165, 1.54) is 0 Å². The predicted octanol–water partition coefficient (Wildman–Crippen LogP) is 6.15. The van der Waals surface area contributed by atoms with Gasteiger partial charge in [0.25, 0.3) is 5.91 Å². The first-order chi connectivity index (χ1) is 19.6. The highest BCUT2D eigenvalue weighted by Gasteiger charge is 2.35. The summed E-state index contributed by atoms with van der Waals surface area (Å²) in [6.45, 7) is 8.46. The highest BCUT2D eigenvalue weighted by Crippen LogP contribution is 2.38. The SMILES string of the molecule is C=C(c1nc(NCCCNc2ccc(C(=O)NC)cc2CC)cc2c(NC3CCN(C)CC3)cccc12)C(F)(F)F. The summed E-state index contributed by atoms with van der Waals surface area (Å²) in [6, 6.07) is 13.0. The molecule has 1 amide bonds. The van der Waals surface area contributed by atoms with Gasteiger partial charge in [-0.15, -0.1) is 0 Å². The number of hydrogen-bond donors (Lipinski definition) is 4. The maximum absolute atomic E-state index is 13.8. The number of aromatic nitrogens is 1. The van der Waals surface area contributed by atoms with Gasteiger partial charge in [-0.05, 0) is 81.7 Å². The van der Waals surface area contributed by atoms with E-state index in [1.807, 2.05) is 31.2 Å². The molecule has 0 spiro atoms. The second-order valence-electron chi connectivity index (χ2n) is 10.5. The predicted molar refractivity (Wildman–Crippen MR) is 162 cm³/mol. The maximum Gasteiger partial charge on any atom is 0.417 e. The van der Waals surface area contributed by atoms with E-state index in [4.69, 9.17) is 0 Å². The average Bonchev–Trinajstić information content (AvgIpc) is 2.96. The number of nitrogens with zero attached hydrogens (tertiary/aromatic N) is 2. The molecule has 7 nitrogen and oxygen atoms in total. The topological polar surface area (TPSA) is 81.3 Å². The monoisotopic (exact) mass is 568 g/mol. The summed E-state index contributed by atoms with van der Waals surface area (Å²) < 4.78 is 41.3. The highest BCUT2D eigenvalue weighted by molar-refractivity contribution is 6.01. The van der Waals surface area contributed by atoms with Crippen molar-refractivity contribution in [1.29, 1.82) is 0 Å². The molecule has 41 heavy (non-hydrogen) atoms. The molecule has 10 heteroatoms. The standard InChI is InChI=1S/C31H39F3N6O/c1-5-21-18-22(30(41)35-3)10-11-26(21)36-14-7-15-37-28-19-25-24(29(39-28)20(2)31(32,33)34)8-6-9-27(25)38-23-12-16-40(4)17-13-23/h6,8-11,18-19,23,36,38H,2,5,7,12-17H2,1,3-4H3,(H,35,41)(H,37,39). The fourth-order valence-electron chi connectivity index (χ4n) is 5.10. The van der Waals surface area contributed by atoms with E-state index in [9.17, 15) is 18.0 Å². The van der Waals surface area contributed by atoms with E-state index in [1.54, 1.807) is 25.2 Å². The quantitative estimate of drug-likeness (QED) is 0.208. The third-order valence-electron chi connectivity index (χ3n) is 7.53. The van der Waals surface area contributed by atoms with Crippen molar-refractivity contribution in [3.8, 4) is 0 Å². The number of halogens is 3. The Morgan fingerprint density at radius 3 is 2.46 bits per heavy atom. The van der Waals surface area contributed by atoms with Gasteiger partial charge in [0.05, 0.1) is 11.3 Å². The van der Waals surface area contributed by atoms with Crippen molar-refractivity contribution in [2.75, 3.05) is 56.2 Å². The van der Waals surface area contributed by atoms with Gasteiger partial charge in [0.2, 0.25) is 0 Å². The lowest BCUT2D eigenvalue weighted by molar-refractivity contribution is -0.0688. The molecular weight excluding hydrogens is 529 g/mol. The number of amides is 1.